The number of hydrogen-bond acceptors (Lipinski definition) is 3. The monoisotopic (exact) mass is 246 g/mol. The van der Waals surface area contributed by atoms with Crippen LogP contribution in [0.4, 0.5) is 0 Å². The van der Waals surface area contributed by atoms with Gasteiger partial charge in [-0.15, -0.1) is 0 Å². The molecule has 0 spiro atoms. The fraction of sp³-hybridized carbons (Fsp3) is 0.733. The first-order valence-corrected chi connectivity index (χ1v) is 7.27. The molecule has 2 aliphatic carbocycles. The minimum atomic E-state index is -0.367. The van der Waals surface area contributed by atoms with E-state index < -0.39 is 0 Å². The first-order chi connectivity index (χ1) is 8.84. The molecule has 2 aliphatic rings. The molecule has 2 fully saturated rings. The van der Waals surface area contributed by atoms with Crippen LogP contribution in [-0.4, -0.2) is 15.1 Å². The average Bonchev–Trinajstić information content (AvgIpc) is 2.47. The summed E-state index contributed by atoms with van der Waals surface area (Å²) >= 11 is 0. The highest BCUT2D eigenvalue weighted by molar-refractivity contribution is 5.08. The molecular weight excluding hydrogens is 224 g/mol. The van der Waals surface area contributed by atoms with Crippen molar-refractivity contribution in [2.45, 2.75) is 51.0 Å². The standard InChI is InChI=1S/C15H22N2O/c18-15(14-8-16-10-17-9-14)13-6-5-11-3-1-2-4-12(11)7-13/h8-13,15,18H,1-7H2. The molecule has 1 heterocycles. The second-order valence-corrected chi connectivity index (χ2v) is 5.99. The first-order valence-electron chi connectivity index (χ1n) is 7.27. The van der Waals surface area contributed by atoms with E-state index in [1.54, 1.807) is 12.4 Å². The number of hydrogen-bond donors (Lipinski definition) is 1. The summed E-state index contributed by atoms with van der Waals surface area (Å²) < 4.78 is 0. The zero-order valence-electron chi connectivity index (χ0n) is 10.8. The van der Waals surface area contributed by atoms with Crippen molar-refractivity contribution in [2.24, 2.45) is 17.8 Å². The highest BCUT2D eigenvalue weighted by Gasteiger charge is 2.35. The Morgan fingerprint density at radius 2 is 1.72 bits per heavy atom. The fourth-order valence-corrected chi connectivity index (χ4v) is 3.93. The summed E-state index contributed by atoms with van der Waals surface area (Å²) in [5.74, 6) is 2.21. The number of aliphatic hydroxyl groups is 1. The van der Waals surface area contributed by atoms with Crippen molar-refractivity contribution in [2.75, 3.05) is 0 Å². The second-order valence-electron chi connectivity index (χ2n) is 5.99. The van der Waals surface area contributed by atoms with Crippen LogP contribution in [0.25, 0.3) is 0 Å². The Kier molecular flexibility index (Phi) is 3.59. The lowest BCUT2D eigenvalue weighted by atomic mass is 9.66. The van der Waals surface area contributed by atoms with Crippen LogP contribution in [0.5, 0.6) is 0 Å². The smallest absolute Gasteiger partial charge is 0.115 e. The SMILES string of the molecule is OC(c1cncnc1)C1CCC2CCCCC2C1. The molecule has 3 rings (SSSR count). The second kappa shape index (κ2) is 5.35. The molecule has 1 N–H and O–H groups in total. The Morgan fingerprint density at radius 3 is 2.50 bits per heavy atom. The molecular formula is C15H22N2O. The number of aromatic nitrogens is 2. The van der Waals surface area contributed by atoms with Crippen molar-refractivity contribution in [1.29, 1.82) is 0 Å². The number of rotatable bonds is 2. The van der Waals surface area contributed by atoms with Crippen molar-refractivity contribution in [3.8, 4) is 0 Å². The van der Waals surface area contributed by atoms with E-state index in [1.165, 1.54) is 44.9 Å². The molecule has 1 aromatic heterocycles. The van der Waals surface area contributed by atoms with E-state index in [0.29, 0.717) is 5.92 Å². The van der Waals surface area contributed by atoms with Crippen LogP contribution in [0.2, 0.25) is 0 Å². The van der Waals surface area contributed by atoms with Crippen LogP contribution in [0.15, 0.2) is 18.7 Å². The van der Waals surface area contributed by atoms with Gasteiger partial charge < -0.3 is 5.11 Å². The fourth-order valence-electron chi connectivity index (χ4n) is 3.93. The van der Waals surface area contributed by atoms with Crippen molar-refractivity contribution in [1.82, 2.24) is 9.97 Å². The van der Waals surface area contributed by atoms with Gasteiger partial charge in [0.15, 0.2) is 0 Å². The lowest BCUT2D eigenvalue weighted by Crippen LogP contribution is -2.30. The van der Waals surface area contributed by atoms with E-state index in [0.717, 1.165) is 23.8 Å². The van der Waals surface area contributed by atoms with Crippen LogP contribution in [0, 0.1) is 17.8 Å². The normalized spacial score (nSPS) is 33.7. The van der Waals surface area contributed by atoms with Crippen molar-refractivity contribution >= 4 is 0 Å². The maximum atomic E-state index is 10.5. The van der Waals surface area contributed by atoms with E-state index >= 15 is 0 Å². The van der Waals surface area contributed by atoms with Crippen molar-refractivity contribution in [3.05, 3.63) is 24.3 Å². The Hall–Kier alpha value is -0.960. The Morgan fingerprint density at radius 1 is 1.00 bits per heavy atom. The molecule has 3 heteroatoms. The van der Waals surface area contributed by atoms with Crippen LogP contribution in [0.3, 0.4) is 0 Å². The van der Waals surface area contributed by atoms with E-state index in [-0.39, 0.29) is 6.10 Å². The van der Waals surface area contributed by atoms with Gasteiger partial charge in [-0.3, -0.25) is 0 Å². The summed E-state index contributed by atoms with van der Waals surface area (Å²) in [6, 6.07) is 0. The predicted molar refractivity (Wildman–Crippen MR) is 69.8 cm³/mol. The summed E-state index contributed by atoms with van der Waals surface area (Å²) in [6.07, 6.45) is 13.9. The van der Waals surface area contributed by atoms with E-state index in [2.05, 4.69) is 9.97 Å². The third kappa shape index (κ3) is 2.41. The van der Waals surface area contributed by atoms with Gasteiger partial charge in [0.05, 0.1) is 6.10 Å². The molecule has 3 nitrogen and oxygen atoms in total. The van der Waals surface area contributed by atoms with E-state index in [1.807, 2.05) is 0 Å². The molecule has 18 heavy (non-hydrogen) atoms. The van der Waals surface area contributed by atoms with Gasteiger partial charge in [0, 0.05) is 18.0 Å². The lowest BCUT2D eigenvalue weighted by molar-refractivity contribution is 0.0345. The number of aliphatic hydroxyl groups excluding tert-OH is 1. The topological polar surface area (TPSA) is 46.0 Å². The molecule has 98 valence electrons. The van der Waals surface area contributed by atoms with Crippen LogP contribution >= 0.6 is 0 Å². The summed E-state index contributed by atoms with van der Waals surface area (Å²) in [7, 11) is 0. The molecule has 0 saturated heterocycles. The summed E-state index contributed by atoms with van der Waals surface area (Å²) in [5.41, 5.74) is 0.886. The van der Waals surface area contributed by atoms with Gasteiger partial charge in [0.1, 0.15) is 6.33 Å². The van der Waals surface area contributed by atoms with Crippen molar-refractivity contribution in [3.63, 3.8) is 0 Å². The Balaban J connectivity index is 1.67. The van der Waals surface area contributed by atoms with E-state index in [9.17, 15) is 5.11 Å². The third-order valence-electron chi connectivity index (χ3n) is 4.95. The van der Waals surface area contributed by atoms with Gasteiger partial charge in [-0.1, -0.05) is 25.7 Å². The molecule has 0 bridgehead atoms. The van der Waals surface area contributed by atoms with Gasteiger partial charge in [-0.2, -0.15) is 0 Å². The number of fused-ring (bicyclic) bond motifs is 1. The zero-order valence-corrected chi connectivity index (χ0v) is 10.8. The third-order valence-corrected chi connectivity index (χ3v) is 4.95. The number of nitrogens with zero attached hydrogens (tertiary/aromatic N) is 2. The minimum absolute atomic E-state index is 0.367. The highest BCUT2D eigenvalue weighted by Crippen LogP contribution is 2.45. The maximum absolute atomic E-state index is 10.5. The quantitative estimate of drug-likeness (QED) is 0.872. The summed E-state index contributed by atoms with van der Waals surface area (Å²) in [6.45, 7) is 0. The van der Waals surface area contributed by atoms with Gasteiger partial charge in [-0.05, 0) is 37.0 Å². The van der Waals surface area contributed by atoms with Crippen molar-refractivity contribution < 1.29 is 5.11 Å². The van der Waals surface area contributed by atoms with Gasteiger partial charge >= 0.3 is 0 Å². The molecule has 0 aromatic carbocycles. The molecule has 4 unspecified atom stereocenters. The van der Waals surface area contributed by atoms with Crippen LogP contribution < -0.4 is 0 Å². The molecule has 2 saturated carbocycles. The van der Waals surface area contributed by atoms with Gasteiger partial charge in [0.25, 0.3) is 0 Å². The summed E-state index contributed by atoms with van der Waals surface area (Å²) in [5, 5.41) is 10.5. The van der Waals surface area contributed by atoms with Crippen LogP contribution in [-0.2, 0) is 0 Å². The summed E-state index contributed by atoms with van der Waals surface area (Å²) in [4.78, 5) is 8.02. The maximum Gasteiger partial charge on any atom is 0.115 e. The van der Waals surface area contributed by atoms with Crippen LogP contribution in [0.1, 0.15) is 56.6 Å². The molecule has 0 aliphatic heterocycles. The predicted octanol–water partition coefficient (Wildman–Crippen LogP) is 3.12. The molecule has 0 amide bonds. The zero-order chi connectivity index (χ0) is 12.4. The Bertz CT molecular complexity index is 381. The molecule has 4 atom stereocenters. The van der Waals surface area contributed by atoms with Gasteiger partial charge in [0.2, 0.25) is 0 Å². The van der Waals surface area contributed by atoms with Gasteiger partial charge in [-0.25, -0.2) is 9.97 Å². The molecule has 1 aromatic rings. The largest absolute Gasteiger partial charge is 0.388 e. The van der Waals surface area contributed by atoms with E-state index in [4.69, 9.17) is 0 Å². The Labute approximate surface area is 109 Å². The first kappa shape index (κ1) is 12.1. The average molecular weight is 246 g/mol. The highest BCUT2D eigenvalue weighted by atomic mass is 16.3. The lowest BCUT2D eigenvalue weighted by Gasteiger charge is -2.40. The minimum Gasteiger partial charge on any atom is -0.388 e. The molecule has 0 radical (unpaired) electrons.